The predicted octanol–water partition coefficient (Wildman–Crippen LogP) is 3.81. The first-order valence-electron chi connectivity index (χ1n) is 9.26. The summed E-state index contributed by atoms with van der Waals surface area (Å²) >= 11 is 1.39. The topological polar surface area (TPSA) is 94.8 Å². The molecule has 1 aliphatic carbocycles. The van der Waals surface area contributed by atoms with Crippen molar-refractivity contribution in [1.82, 2.24) is 0 Å². The SMILES string of the molecule is CCOC(=O)c1c(NC(=O)COC(=O)c2cc(C)oc2C)sc2c1CCCC2. The summed E-state index contributed by atoms with van der Waals surface area (Å²) in [6, 6.07) is 1.57. The molecule has 150 valence electrons. The van der Waals surface area contributed by atoms with Gasteiger partial charge in [-0.05, 0) is 58.1 Å². The Morgan fingerprint density at radius 3 is 2.57 bits per heavy atom. The zero-order chi connectivity index (χ0) is 20.3. The van der Waals surface area contributed by atoms with Crippen molar-refractivity contribution in [2.75, 3.05) is 18.5 Å². The summed E-state index contributed by atoms with van der Waals surface area (Å²) in [5.41, 5.74) is 1.69. The molecule has 7 nitrogen and oxygen atoms in total. The van der Waals surface area contributed by atoms with Crippen LogP contribution in [0.4, 0.5) is 5.00 Å². The van der Waals surface area contributed by atoms with Crippen molar-refractivity contribution in [2.45, 2.75) is 46.5 Å². The zero-order valence-electron chi connectivity index (χ0n) is 16.2. The van der Waals surface area contributed by atoms with Gasteiger partial charge < -0.3 is 19.2 Å². The molecule has 8 heteroatoms. The fourth-order valence-corrected chi connectivity index (χ4v) is 4.57. The Labute approximate surface area is 167 Å². The predicted molar refractivity (Wildman–Crippen MR) is 104 cm³/mol. The summed E-state index contributed by atoms with van der Waals surface area (Å²) in [5.74, 6) is -0.523. The Morgan fingerprint density at radius 1 is 1.14 bits per heavy atom. The van der Waals surface area contributed by atoms with E-state index in [9.17, 15) is 14.4 Å². The number of furan rings is 1. The molecule has 0 unspecified atom stereocenters. The lowest BCUT2D eigenvalue weighted by Crippen LogP contribution is -2.22. The molecular weight excluding hydrogens is 382 g/mol. The molecule has 0 saturated heterocycles. The number of ether oxygens (including phenoxy) is 2. The van der Waals surface area contributed by atoms with Gasteiger partial charge >= 0.3 is 11.9 Å². The average molecular weight is 405 g/mol. The zero-order valence-corrected chi connectivity index (χ0v) is 17.0. The summed E-state index contributed by atoms with van der Waals surface area (Å²) in [5, 5.41) is 3.17. The third kappa shape index (κ3) is 4.27. The molecule has 0 saturated carbocycles. The number of hydrogen-bond acceptors (Lipinski definition) is 7. The van der Waals surface area contributed by atoms with Crippen LogP contribution in [-0.4, -0.2) is 31.1 Å². The van der Waals surface area contributed by atoms with Crippen LogP contribution in [0.5, 0.6) is 0 Å². The minimum absolute atomic E-state index is 0.262. The minimum atomic E-state index is -0.624. The Morgan fingerprint density at radius 2 is 1.89 bits per heavy atom. The molecule has 0 fully saturated rings. The fourth-order valence-electron chi connectivity index (χ4n) is 3.28. The van der Waals surface area contributed by atoms with Gasteiger partial charge in [0.25, 0.3) is 5.91 Å². The molecule has 1 aliphatic rings. The number of rotatable bonds is 6. The van der Waals surface area contributed by atoms with Gasteiger partial charge in [0, 0.05) is 4.88 Å². The molecule has 1 amide bonds. The minimum Gasteiger partial charge on any atom is -0.466 e. The molecule has 2 heterocycles. The Balaban J connectivity index is 1.69. The van der Waals surface area contributed by atoms with E-state index in [4.69, 9.17) is 13.9 Å². The smallest absolute Gasteiger partial charge is 0.342 e. The number of nitrogens with one attached hydrogen (secondary N) is 1. The Kier molecular flexibility index (Phi) is 6.18. The molecule has 0 aromatic carbocycles. The van der Waals surface area contributed by atoms with Gasteiger partial charge in [-0.25, -0.2) is 9.59 Å². The maximum atomic E-state index is 12.4. The van der Waals surface area contributed by atoms with Crippen molar-refractivity contribution in [3.63, 3.8) is 0 Å². The van der Waals surface area contributed by atoms with E-state index in [0.29, 0.717) is 27.6 Å². The average Bonchev–Trinajstić information content (AvgIpc) is 3.18. The number of amides is 1. The van der Waals surface area contributed by atoms with E-state index in [1.807, 2.05) is 0 Å². The van der Waals surface area contributed by atoms with E-state index < -0.39 is 24.5 Å². The van der Waals surface area contributed by atoms with E-state index in [2.05, 4.69) is 5.32 Å². The van der Waals surface area contributed by atoms with E-state index >= 15 is 0 Å². The second-order valence-electron chi connectivity index (χ2n) is 6.59. The summed E-state index contributed by atoms with van der Waals surface area (Å²) in [6.07, 6.45) is 3.75. The third-order valence-electron chi connectivity index (χ3n) is 4.50. The monoisotopic (exact) mass is 405 g/mol. The molecular formula is C20H23NO6S. The number of aryl methyl sites for hydroxylation is 3. The summed E-state index contributed by atoms with van der Waals surface area (Å²) in [4.78, 5) is 38.0. The largest absolute Gasteiger partial charge is 0.466 e. The molecule has 2 aromatic heterocycles. The molecule has 3 rings (SSSR count). The van der Waals surface area contributed by atoms with Crippen molar-refractivity contribution < 1.29 is 28.3 Å². The van der Waals surface area contributed by atoms with Crippen LogP contribution in [0.2, 0.25) is 0 Å². The van der Waals surface area contributed by atoms with Crippen LogP contribution in [0.25, 0.3) is 0 Å². The van der Waals surface area contributed by atoms with E-state index in [1.54, 1.807) is 26.8 Å². The molecule has 1 N–H and O–H groups in total. The van der Waals surface area contributed by atoms with Gasteiger partial charge in [0.1, 0.15) is 22.1 Å². The summed E-state index contributed by atoms with van der Waals surface area (Å²) < 4.78 is 15.5. The van der Waals surface area contributed by atoms with E-state index in [0.717, 1.165) is 36.1 Å². The van der Waals surface area contributed by atoms with Crippen molar-refractivity contribution >= 4 is 34.2 Å². The van der Waals surface area contributed by atoms with Gasteiger partial charge in [0.05, 0.1) is 12.2 Å². The maximum Gasteiger partial charge on any atom is 0.342 e. The Hall–Kier alpha value is -2.61. The number of esters is 2. The van der Waals surface area contributed by atoms with Crippen molar-refractivity contribution in [3.05, 3.63) is 39.2 Å². The molecule has 0 radical (unpaired) electrons. The first kappa shape index (κ1) is 20.1. The second-order valence-corrected chi connectivity index (χ2v) is 7.69. The number of thiophene rings is 1. The highest BCUT2D eigenvalue weighted by Gasteiger charge is 2.27. The molecule has 0 aliphatic heterocycles. The molecule has 2 aromatic rings. The normalized spacial score (nSPS) is 13.0. The first-order valence-corrected chi connectivity index (χ1v) is 10.1. The van der Waals surface area contributed by atoms with Crippen LogP contribution in [0.1, 0.15) is 62.4 Å². The molecule has 0 bridgehead atoms. The number of anilines is 1. The van der Waals surface area contributed by atoms with Crippen molar-refractivity contribution in [2.24, 2.45) is 0 Å². The Bertz CT molecular complexity index is 910. The van der Waals surface area contributed by atoms with Crippen LogP contribution in [-0.2, 0) is 27.1 Å². The van der Waals surface area contributed by atoms with Gasteiger partial charge in [-0.2, -0.15) is 0 Å². The highest BCUT2D eigenvalue weighted by molar-refractivity contribution is 7.17. The first-order chi connectivity index (χ1) is 13.4. The summed E-state index contributed by atoms with van der Waals surface area (Å²) in [7, 11) is 0. The van der Waals surface area contributed by atoms with Crippen LogP contribution in [0.3, 0.4) is 0 Å². The van der Waals surface area contributed by atoms with Crippen molar-refractivity contribution in [3.8, 4) is 0 Å². The molecule has 0 spiro atoms. The fraction of sp³-hybridized carbons (Fsp3) is 0.450. The maximum absolute atomic E-state index is 12.4. The van der Waals surface area contributed by atoms with Gasteiger partial charge in [0.2, 0.25) is 0 Å². The lowest BCUT2D eigenvalue weighted by Gasteiger charge is -2.12. The molecule has 0 atom stereocenters. The van der Waals surface area contributed by atoms with Gasteiger partial charge in [-0.3, -0.25) is 4.79 Å². The lowest BCUT2D eigenvalue weighted by molar-refractivity contribution is -0.119. The quantitative estimate of drug-likeness (QED) is 0.735. The third-order valence-corrected chi connectivity index (χ3v) is 5.71. The lowest BCUT2D eigenvalue weighted by atomic mass is 9.95. The van der Waals surface area contributed by atoms with Crippen molar-refractivity contribution in [1.29, 1.82) is 0 Å². The highest BCUT2D eigenvalue weighted by atomic mass is 32.1. The van der Waals surface area contributed by atoms with E-state index in [-0.39, 0.29) is 6.61 Å². The van der Waals surface area contributed by atoms with E-state index in [1.165, 1.54) is 11.3 Å². The highest BCUT2D eigenvalue weighted by Crippen LogP contribution is 2.38. The van der Waals surface area contributed by atoms with Crippen LogP contribution >= 0.6 is 11.3 Å². The van der Waals surface area contributed by atoms with Crippen LogP contribution < -0.4 is 5.32 Å². The van der Waals surface area contributed by atoms with Crippen LogP contribution in [0, 0.1) is 13.8 Å². The number of carbonyl (C=O) groups excluding carboxylic acids is 3. The standard InChI is InChI=1S/C20H23NO6S/c1-4-25-20(24)17-13-7-5-6-8-15(13)28-18(17)21-16(22)10-26-19(23)14-9-11(2)27-12(14)3/h9H,4-8,10H2,1-3H3,(H,21,22). The molecule has 28 heavy (non-hydrogen) atoms. The summed E-state index contributed by atoms with van der Waals surface area (Å²) in [6.45, 7) is 4.94. The van der Waals surface area contributed by atoms with Gasteiger partial charge in [-0.1, -0.05) is 0 Å². The van der Waals surface area contributed by atoms with Crippen LogP contribution in [0.15, 0.2) is 10.5 Å². The number of carbonyl (C=O) groups is 3. The van der Waals surface area contributed by atoms with Gasteiger partial charge in [-0.15, -0.1) is 11.3 Å². The second kappa shape index (κ2) is 8.60. The van der Waals surface area contributed by atoms with Gasteiger partial charge in [0.15, 0.2) is 6.61 Å². The number of hydrogen-bond donors (Lipinski definition) is 1. The number of fused-ring (bicyclic) bond motifs is 1.